The van der Waals surface area contributed by atoms with Crippen LogP contribution >= 0.6 is 0 Å². The smallest absolute Gasteiger partial charge is 0.122 e. The van der Waals surface area contributed by atoms with Crippen LogP contribution in [0.25, 0.3) is 10.8 Å². The lowest BCUT2D eigenvalue weighted by atomic mass is 10.0. The van der Waals surface area contributed by atoms with E-state index in [4.69, 9.17) is 11.1 Å². The van der Waals surface area contributed by atoms with Gasteiger partial charge in [-0.05, 0) is 28.0 Å². The second kappa shape index (κ2) is 6.81. The van der Waals surface area contributed by atoms with Crippen molar-refractivity contribution in [3.63, 3.8) is 0 Å². The van der Waals surface area contributed by atoms with Crippen LogP contribution in [0.15, 0.2) is 66.7 Å². The highest BCUT2D eigenvalue weighted by Gasteiger charge is 2.00. The van der Waals surface area contributed by atoms with E-state index in [9.17, 15) is 0 Å². The Bertz CT molecular complexity index is 899. The Labute approximate surface area is 136 Å². The maximum absolute atomic E-state index is 7.50. The van der Waals surface area contributed by atoms with E-state index in [0.717, 1.165) is 29.2 Å². The van der Waals surface area contributed by atoms with Crippen LogP contribution < -0.4 is 5.73 Å². The summed E-state index contributed by atoms with van der Waals surface area (Å²) >= 11 is 0. The molecule has 23 heavy (non-hydrogen) atoms. The van der Waals surface area contributed by atoms with Crippen LogP contribution in [0.1, 0.15) is 16.7 Å². The Kier molecular flexibility index (Phi) is 4.40. The molecule has 3 aromatic carbocycles. The van der Waals surface area contributed by atoms with E-state index in [0.29, 0.717) is 0 Å². The van der Waals surface area contributed by atoms with Crippen LogP contribution in [0, 0.1) is 17.3 Å². The molecular weight excluding hydrogens is 280 g/mol. The zero-order valence-corrected chi connectivity index (χ0v) is 12.8. The topological polar surface area (TPSA) is 49.9 Å². The number of benzene rings is 3. The molecule has 0 atom stereocenters. The number of fused-ring (bicyclic) bond motifs is 1. The first-order valence-electron chi connectivity index (χ1n) is 7.59. The third-order valence-corrected chi connectivity index (χ3v) is 3.77. The van der Waals surface area contributed by atoms with E-state index in [-0.39, 0.29) is 5.84 Å². The van der Waals surface area contributed by atoms with Gasteiger partial charge in [0.05, 0.1) is 0 Å². The van der Waals surface area contributed by atoms with Gasteiger partial charge < -0.3 is 5.73 Å². The van der Waals surface area contributed by atoms with Gasteiger partial charge in [-0.15, -0.1) is 0 Å². The fourth-order valence-corrected chi connectivity index (χ4v) is 2.50. The van der Waals surface area contributed by atoms with E-state index in [1.165, 1.54) is 11.1 Å². The van der Waals surface area contributed by atoms with E-state index in [2.05, 4.69) is 42.2 Å². The zero-order chi connectivity index (χ0) is 16.1. The first kappa shape index (κ1) is 14.9. The summed E-state index contributed by atoms with van der Waals surface area (Å²) in [5.74, 6) is 6.57. The second-order valence-electron chi connectivity index (χ2n) is 5.50. The van der Waals surface area contributed by atoms with E-state index < -0.39 is 0 Å². The minimum absolute atomic E-state index is 0.0998. The van der Waals surface area contributed by atoms with Gasteiger partial charge >= 0.3 is 0 Å². The highest BCUT2D eigenvalue weighted by atomic mass is 14.7. The fraction of sp³-hybridized carbons (Fsp3) is 0.0952. The molecule has 0 aliphatic carbocycles. The zero-order valence-electron chi connectivity index (χ0n) is 12.8. The lowest BCUT2D eigenvalue weighted by Crippen LogP contribution is -2.10. The van der Waals surface area contributed by atoms with Crippen LogP contribution in [-0.4, -0.2) is 5.84 Å². The maximum Gasteiger partial charge on any atom is 0.122 e. The standard InChI is InChI=1S/C21H18N2/c22-21(23)20-13-12-18-14-17(10-11-19(18)15-20)9-5-4-8-16-6-2-1-3-7-16/h1-3,6-7,10-15H,8-9H2,(H3,22,23). The van der Waals surface area contributed by atoms with E-state index in [1.54, 1.807) is 0 Å². The minimum atomic E-state index is 0.0998. The number of amidine groups is 1. The van der Waals surface area contributed by atoms with Gasteiger partial charge in [-0.3, -0.25) is 5.41 Å². The molecule has 3 rings (SSSR count). The summed E-state index contributed by atoms with van der Waals surface area (Å²) in [5.41, 5.74) is 8.73. The van der Waals surface area contributed by atoms with Crippen LogP contribution in [0.5, 0.6) is 0 Å². The molecule has 0 spiro atoms. The Hall–Kier alpha value is -3.05. The van der Waals surface area contributed by atoms with Gasteiger partial charge in [0.15, 0.2) is 0 Å². The van der Waals surface area contributed by atoms with Crippen molar-refractivity contribution in [2.24, 2.45) is 5.73 Å². The number of hydrogen-bond donors (Lipinski definition) is 2. The number of nitrogen functional groups attached to an aromatic ring is 1. The number of rotatable bonds is 3. The van der Waals surface area contributed by atoms with Gasteiger partial charge in [0, 0.05) is 18.4 Å². The largest absolute Gasteiger partial charge is 0.384 e. The second-order valence-corrected chi connectivity index (χ2v) is 5.50. The Morgan fingerprint density at radius 2 is 1.43 bits per heavy atom. The van der Waals surface area contributed by atoms with Crippen molar-refractivity contribution in [3.8, 4) is 11.8 Å². The van der Waals surface area contributed by atoms with Crippen LogP contribution in [0.2, 0.25) is 0 Å². The van der Waals surface area contributed by atoms with Crippen LogP contribution in [-0.2, 0) is 12.8 Å². The summed E-state index contributed by atoms with van der Waals surface area (Å²) in [6.45, 7) is 0. The summed E-state index contributed by atoms with van der Waals surface area (Å²) in [4.78, 5) is 0. The summed E-state index contributed by atoms with van der Waals surface area (Å²) in [5, 5.41) is 9.74. The van der Waals surface area contributed by atoms with Crippen LogP contribution in [0.3, 0.4) is 0 Å². The number of nitrogens with one attached hydrogen (secondary N) is 1. The molecule has 0 unspecified atom stereocenters. The SMILES string of the molecule is N=C(N)c1ccc2cc(CC#CCc3ccccc3)ccc2c1. The molecular formula is C21H18N2. The summed E-state index contributed by atoms with van der Waals surface area (Å²) in [7, 11) is 0. The van der Waals surface area contributed by atoms with E-state index >= 15 is 0 Å². The van der Waals surface area contributed by atoms with Gasteiger partial charge in [-0.2, -0.15) is 0 Å². The molecule has 0 aliphatic heterocycles. The summed E-state index contributed by atoms with van der Waals surface area (Å²) in [6, 6.07) is 22.4. The first-order chi connectivity index (χ1) is 11.2. The maximum atomic E-state index is 7.50. The molecule has 0 radical (unpaired) electrons. The van der Waals surface area contributed by atoms with Gasteiger partial charge in [-0.1, -0.05) is 72.5 Å². The van der Waals surface area contributed by atoms with Crippen molar-refractivity contribution < 1.29 is 0 Å². The predicted octanol–water partition coefficient (Wildman–Crippen LogP) is 3.91. The molecule has 0 bridgehead atoms. The van der Waals surface area contributed by atoms with Crippen molar-refractivity contribution in [2.45, 2.75) is 12.8 Å². The van der Waals surface area contributed by atoms with Gasteiger partial charge in [-0.25, -0.2) is 0 Å². The molecule has 3 aromatic rings. The van der Waals surface area contributed by atoms with Crippen molar-refractivity contribution in [1.82, 2.24) is 0 Å². The quantitative estimate of drug-likeness (QED) is 0.430. The highest BCUT2D eigenvalue weighted by molar-refractivity contribution is 5.99. The molecule has 0 heterocycles. The molecule has 0 saturated carbocycles. The van der Waals surface area contributed by atoms with Crippen molar-refractivity contribution in [3.05, 3.63) is 83.4 Å². The minimum Gasteiger partial charge on any atom is -0.384 e. The lowest BCUT2D eigenvalue weighted by Gasteiger charge is -2.03. The van der Waals surface area contributed by atoms with Crippen LogP contribution in [0.4, 0.5) is 0 Å². The molecule has 112 valence electrons. The fourth-order valence-electron chi connectivity index (χ4n) is 2.50. The molecule has 0 saturated heterocycles. The highest BCUT2D eigenvalue weighted by Crippen LogP contribution is 2.18. The van der Waals surface area contributed by atoms with Crippen molar-refractivity contribution >= 4 is 16.6 Å². The Morgan fingerprint density at radius 3 is 2.17 bits per heavy atom. The van der Waals surface area contributed by atoms with Crippen molar-refractivity contribution in [2.75, 3.05) is 0 Å². The van der Waals surface area contributed by atoms with E-state index in [1.807, 2.05) is 36.4 Å². The van der Waals surface area contributed by atoms with Crippen molar-refractivity contribution in [1.29, 1.82) is 5.41 Å². The molecule has 3 N–H and O–H groups in total. The number of hydrogen-bond acceptors (Lipinski definition) is 1. The Morgan fingerprint density at radius 1 is 0.783 bits per heavy atom. The average molecular weight is 298 g/mol. The third kappa shape index (κ3) is 3.78. The first-order valence-corrected chi connectivity index (χ1v) is 7.59. The number of nitrogens with two attached hydrogens (primary N) is 1. The molecule has 0 fully saturated rings. The summed E-state index contributed by atoms with van der Waals surface area (Å²) in [6.07, 6.45) is 1.54. The normalized spacial score (nSPS) is 10.1. The Balaban J connectivity index is 1.72. The molecule has 2 heteroatoms. The molecule has 0 aliphatic rings. The molecule has 0 amide bonds. The van der Waals surface area contributed by atoms with Gasteiger partial charge in [0.2, 0.25) is 0 Å². The average Bonchev–Trinajstić information content (AvgIpc) is 2.59. The third-order valence-electron chi connectivity index (χ3n) is 3.77. The summed E-state index contributed by atoms with van der Waals surface area (Å²) < 4.78 is 0. The monoisotopic (exact) mass is 298 g/mol. The molecule has 0 aromatic heterocycles. The lowest BCUT2D eigenvalue weighted by molar-refractivity contribution is 1.29. The van der Waals surface area contributed by atoms with Gasteiger partial charge in [0.25, 0.3) is 0 Å². The molecule has 2 nitrogen and oxygen atoms in total. The predicted molar refractivity (Wildman–Crippen MR) is 96.6 cm³/mol. The van der Waals surface area contributed by atoms with Gasteiger partial charge in [0.1, 0.15) is 5.84 Å².